The van der Waals surface area contributed by atoms with Crippen molar-refractivity contribution in [1.82, 2.24) is 0 Å². The van der Waals surface area contributed by atoms with E-state index in [0.29, 0.717) is 17.4 Å². The van der Waals surface area contributed by atoms with Crippen LogP contribution in [0.1, 0.15) is 328 Å². The molecule has 0 aliphatic carbocycles. The van der Waals surface area contributed by atoms with Crippen molar-refractivity contribution in [2.24, 2.45) is 0 Å². The third kappa shape index (κ3) is 58.1. The van der Waals surface area contributed by atoms with Gasteiger partial charge in [-0.2, -0.15) is 0 Å². The second-order valence-corrected chi connectivity index (χ2v) is 24.2. The third-order valence-electron chi connectivity index (χ3n) is 14.4. The quantitative estimate of drug-likeness (QED) is 0.0256. The summed E-state index contributed by atoms with van der Waals surface area (Å²) in [5.41, 5.74) is 0. The van der Waals surface area contributed by atoms with Gasteiger partial charge >= 0.3 is 11.9 Å². The van der Waals surface area contributed by atoms with Crippen LogP contribution in [0.5, 0.6) is 0 Å². The number of ether oxygens (including phenoxy) is 2. The van der Waals surface area contributed by atoms with Crippen LogP contribution < -0.4 is 4.89 Å². The molecular weight excluding hydrogens is 906 g/mol. The maximum Gasteiger partial charge on any atom is 0.306 e. The first-order chi connectivity index (χ1) is 34.5. The lowest BCUT2D eigenvalue weighted by Crippen LogP contribution is -2.37. The van der Waals surface area contributed by atoms with Gasteiger partial charge < -0.3 is 27.9 Å². The van der Waals surface area contributed by atoms with Crippen molar-refractivity contribution >= 4 is 19.8 Å². The van der Waals surface area contributed by atoms with E-state index in [9.17, 15) is 19.0 Å². The summed E-state index contributed by atoms with van der Waals surface area (Å²) in [6.07, 6.45) is 62.1. The van der Waals surface area contributed by atoms with Crippen LogP contribution in [0.3, 0.4) is 0 Å². The van der Waals surface area contributed by atoms with Crippen LogP contribution in [0.25, 0.3) is 0 Å². The molecular formula is C61H122NO8P. The summed E-state index contributed by atoms with van der Waals surface area (Å²) in [7, 11) is 1.19. The van der Waals surface area contributed by atoms with Crippen molar-refractivity contribution in [3.05, 3.63) is 0 Å². The lowest BCUT2D eigenvalue weighted by molar-refractivity contribution is -0.870. The summed E-state index contributed by atoms with van der Waals surface area (Å²) < 4.78 is 34.1. The maximum absolute atomic E-state index is 12.8. The SMILES string of the molecule is CCCCCCCCCCCCCCCCCCCCCCCCCCCCCCCCCCCCCCCC(=O)OC(COC(=O)CCCCCCCCCCCC)COP(=O)([O-])OCC[N+](C)(C)C. The molecule has 0 heterocycles. The number of carbonyl (C=O) groups is 2. The number of hydrogen-bond acceptors (Lipinski definition) is 8. The first kappa shape index (κ1) is 70.0. The van der Waals surface area contributed by atoms with Crippen LogP contribution in [0.2, 0.25) is 0 Å². The lowest BCUT2D eigenvalue weighted by Gasteiger charge is -2.28. The second kappa shape index (κ2) is 53.8. The molecule has 9 nitrogen and oxygen atoms in total. The third-order valence-corrected chi connectivity index (χ3v) is 15.3. The van der Waals surface area contributed by atoms with Crippen LogP contribution in [0, 0.1) is 0 Å². The Morgan fingerprint density at radius 2 is 0.634 bits per heavy atom. The Kier molecular flexibility index (Phi) is 53.1. The van der Waals surface area contributed by atoms with Gasteiger partial charge in [-0.15, -0.1) is 0 Å². The highest BCUT2D eigenvalue weighted by Crippen LogP contribution is 2.38. The average molecular weight is 1030 g/mol. The molecule has 0 aliphatic heterocycles. The van der Waals surface area contributed by atoms with Crippen LogP contribution in [-0.2, 0) is 32.7 Å². The Bertz CT molecular complexity index is 1160. The number of nitrogens with zero attached hydrogens (tertiary/aromatic N) is 1. The van der Waals surface area contributed by atoms with Crippen molar-refractivity contribution in [2.45, 2.75) is 335 Å². The van der Waals surface area contributed by atoms with Gasteiger partial charge in [0.2, 0.25) is 0 Å². The molecule has 71 heavy (non-hydrogen) atoms. The minimum absolute atomic E-state index is 0.0254. The van der Waals surface area contributed by atoms with Crippen LogP contribution in [0.15, 0.2) is 0 Å². The lowest BCUT2D eigenvalue weighted by atomic mass is 10.0. The summed E-state index contributed by atoms with van der Waals surface area (Å²) in [5, 5.41) is 0. The largest absolute Gasteiger partial charge is 0.756 e. The molecule has 0 radical (unpaired) electrons. The van der Waals surface area contributed by atoms with Crippen LogP contribution in [-0.4, -0.2) is 70.0 Å². The molecule has 10 heteroatoms. The molecule has 2 unspecified atom stereocenters. The number of likely N-dealkylation sites (N-methyl/N-ethyl adjacent to an activating group) is 1. The molecule has 0 spiro atoms. The van der Waals surface area contributed by atoms with E-state index in [1.807, 2.05) is 21.1 Å². The van der Waals surface area contributed by atoms with Gasteiger partial charge in [-0.25, -0.2) is 0 Å². The first-order valence-electron chi connectivity index (χ1n) is 31.2. The Morgan fingerprint density at radius 1 is 0.380 bits per heavy atom. The van der Waals surface area contributed by atoms with Gasteiger partial charge in [-0.3, -0.25) is 14.2 Å². The van der Waals surface area contributed by atoms with Crippen LogP contribution >= 0.6 is 7.82 Å². The highest BCUT2D eigenvalue weighted by atomic mass is 31.2. The molecule has 0 fully saturated rings. The zero-order valence-corrected chi connectivity index (χ0v) is 49.1. The van der Waals surface area contributed by atoms with Gasteiger partial charge in [-0.05, 0) is 12.8 Å². The topological polar surface area (TPSA) is 111 Å². The van der Waals surface area contributed by atoms with E-state index in [2.05, 4.69) is 13.8 Å². The van der Waals surface area contributed by atoms with Crippen LogP contribution in [0.4, 0.5) is 0 Å². The molecule has 0 rings (SSSR count). The fourth-order valence-corrected chi connectivity index (χ4v) is 10.3. The van der Waals surface area contributed by atoms with E-state index in [4.69, 9.17) is 18.5 Å². The Balaban J connectivity index is 3.80. The number of carbonyl (C=O) groups excluding carboxylic acids is 2. The van der Waals surface area contributed by atoms with Gasteiger partial charge in [-0.1, -0.05) is 303 Å². The summed E-state index contributed by atoms with van der Waals surface area (Å²) in [5.74, 6) is -0.815. The van der Waals surface area contributed by atoms with Gasteiger partial charge in [0.15, 0.2) is 6.10 Å². The van der Waals surface area contributed by atoms with Crippen molar-refractivity contribution in [2.75, 3.05) is 47.5 Å². The molecule has 0 aromatic heterocycles. The minimum Gasteiger partial charge on any atom is -0.756 e. The summed E-state index contributed by atoms with van der Waals surface area (Å²) in [6, 6.07) is 0. The standard InChI is InChI=1S/C61H122NO8P/c1-6-8-10-12-14-16-18-19-20-21-22-23-24-25-26-27-28-29-30-31-32-33-34-35-36-37-38-39-40-41-42-43-44-46-48-50-52-54-61(64)70-59(58-69-71(65,66)68-56-55-62(3,4)5)57-67-60(63)53-51-49-47-45-17-15-13-11-9-7-2/h59H,6-58H2,1-5H3. The molecule has 0 aromatic carbocycles. The average Bonchev–Trinajstić information content (AvgIpc) is 3.33. The molecule has 0 aliphatic rings. The van der Waals surface area contributed by atoms with E-state index in [1.165, 1.54) is 263 Å². The fourth-order valence-electron chi connectivity index (χ4n) is 9.54. The smallest absolute Gasteiger partial charge is 0.306 e. The number of phosphoric ester groups is 1. The van der Waals surface area contributed by atoms with Gasteiger partial charge in [0.05, 0.1) is 27.7 Å². The van der Waals surface area contributed by atoms with Crippen molar-refractivity contribution < 1.29 is 42.1 Å². The Labute approximate surface area is 442 Å². The number of rotatable bonds is 59. The normalized spacial score (nSPS) is 13.2. The second-order valence-electron chi connectivity index (χ2n) is 22.8. The molecule has 0 amide bonds. The molecule has 0 aromatic rings. The number of unbranched alkanes of at least 4 members (excludes halogenated alkanes) is 45. The number of esters is 2. The van der Waals surface area contributed by atoms with E-state index in [0.717, 1.165) is 32.1 Å². The zero-order valence-electron chi connectivity index (χ0n) is 48.2. The van der Waals surface area contributed by atoms with E-state index < -0.39 is 26.5 Å². The fraction of sp³-hybridized carbons (Fsp3) is 0.967. The number of quaternary nitrogens is 1. The molecule has 0 bridgehead atoms. The number of hydrogen-bond donors (Lipinski definition) is 0. The predicted octanol–water partition coefficient (Wildman–Crippen LogP) is 18.8. The Morgan fingerprint density at radius 3 is 0.901 bits per heavy atom. The number of phosphoric acid groups is 1. The zero-order chi connectivity index (χ0) is 52.0. The maximum atomic E-state index is 12.8. The van der Waals surface area contributed by atoms with Gasteiger partial charge in [0.25, 0.3) is 7.82 Å². The molecule has 424 valence electrons. The summed E-state index contributed by atoms with van der Waals surface area (Å²) >= 11 is 0. The molecule has 0 N–H and O–H groups in total. The Hall–Kier alpha value is -0.990. The monoisotopic (exact) mass is 1030 g/mol. The van der Waals surface area contributed by atoms with Crippen molar-refractivity contribution in [1.29, 1.82) is 0 Å². The van der Waals surface area contributed by atoms with Gasteiger partial charge in [0.1, 0.15) is 19.8 Å². The molecule has 0 saturated heterocycles. The van der Waals surface area contributed by atoms with Gasteiger partial charge in [0, 0.05) is 12.8 Å². The first-order valence-corrected chi connectivity index (χ1v) is 32.7. The summed E-state index contributed by atoms with van der Waals surface area (Å²) in [4.78, 5) is 37.7. The van der Waals surface area contributed by atoms with E-state index in [1.54, 1.807) is 0 Å². The predicted molar refractivity (Wildman–Crippen MR) is 301 cm³/mol. The molecule has 0 saturated carbocycles. The van der Waals surface area contributed by atoms with Crippen molar-refractivity contribution in [3.63, 3.8) is 0 Å². The highest BCUT2D eigenvalue weighted by molar-refractivity contribution is 7.45. The highest BCUT2D eigenvalue weighted by Gasteiger charge is 2.22. The van der Waals surface area contributed by atoms with Crippen molar-refractivity contribution in [3.8, 4) is 0 Å². The molecule has 2 atom stereocenters. The summed E-state index contributed by atoms with van der Waals surface area (Å²) in [6.45, 7) is 4.28. The van der Waals surface area contributed by atoms with E-state index >= 15 is 0 Å². The minimum atomic E-state index is -4.62. The van der Waals surface area contributed by atoms with E-state index in [-0.39, 0.29) is 32.0 Å².